The highest BCUT2D eigenvalue weighted by Crippen LogP contribution is 2.22. The molecule has 1 heterocycles. The molecule has 1 saturated heterocycles. The van der Waals surface area contributed by atoms with Crippen LogP contribution >= 0.6 is 0 Å². The zero-order valence-electron chi connectivity index (χ0n) is 12.9. The van der Waals surface area contributed by atoms with Gasteiger partial charge in [0.05, 0.1) is 12.2 Å². The van der Waals surface area contributed by atoms with Crippen molar-refractivity contribution in [3.8, 4) is 5.75 Å². The summed E-state index contributed by atoms with van der Waals surface area (Å²) in [6.07, 6.45) is 2.29. The van der Waals surface area contributed by atoms with E-state index in [0.29, 0.717) is 12.2 Å². The van der Waals surface area contributed by atoms with Crippen molar-refractivity contribution in [3.63, 3.8) is 0 Å². The van der Waals surface area contributed by atoms with Crippen molar-refractivity contribution >= 4 is 5.97 Å². The van der Waals surface area contributed by atoms with Crippen LogP contribution < -0.4 is 4.74 Å². The molecule has 2 atom stereocenters. The molecule has 4 nitrogen and oxygen atoms in total. The van der Waals surface area contributed by atoms with Crippen molar-refractivity contribution in [3.05, 3.63) is 29.8 Å². The first kappa shape index (κ1) is 15.8. The Balaban J connectivity index is 1.66. The summed E-state index contributed by atoms with van der Waals surface area (Å²) in [7, 11) is 0. The van der Waals surface area contributed by atoms with Crippen molar-refractivity contribution in [1.29, 1.82) is 0 Å². The van der Waals surface area contributed by atoms with Crippen molar-refractivity contribution in [2.75, 3.05) is 26.2 Å². The summed E-state index contributed by atoms with van der Waals surface area (Å²) in [5.74, 6) is 1.45. The smallest absolute Gasteiger partial charge is 0.335 e. The summed E-state index contributed by atoms with van der Waals surface area (Å²) < 4.78 is 5.66. The van der Waals surface area contributed by atoms with Gasteiger partial charge in [0.2, 0.25) is 0 Å². The maximum absolute atomic E-state index is 10.8. The number of carboxylic acids is 1. The SMILES string of the molecule is CC1CCN(CCCOc2ccc(C(=O)O)cc2)CC1C. The highest BCUT2D eigenvalue weighted by atomic mass is 16.5. The van der Waals surface area contributed by atoms with Gasteiger partial charge in [-0.15, -0.1) is 0 Å². The van der Waals surface area contributed by atoms with Crippen LogP contribution in [0, 0.1) is 11.8 Å². The quantitative estimate of drug-likeness (QED) is 0.818. The molecular weight excluding hydrogens is 266 g/mol. The lowest BCUT2D eigenvalue weighted by atomic mass is 9.89. The summed E-state index contributed by atoms with van der Waals surface area (Å²) in [5.41, 5.74) is 0.291. The fourth-order valence-electron chi connectivity index (χ4n) is 2.72. The van der Waals surface area contributed by atoms with E-state index >= 15 is 0 Å². The molecule has 1 aliphatic heterocycles. The first-order chi connectivity index (χ1) is 10.1. The molecule has 1 aromatic rings. The summed E-state index contributed by atoms with van der Waals surface area (Å²) in [6, 6.07) is 6.58. The van der Waals surface area contributed by atoms with Crippen LogP contribution in [0.4, 0.5) is 0 Å². The lowest BCUT2D eigenvalue weighted by molar-refractivity contribution is 0.0697. The van der Waals surface area contributed by atoms with Gasteiger partial charge in [0.1, 0.15) is 5.75 Å². The van der Waals surface area contributed by atoms with Crippen LogP contribution in [0.2, 0.25) is 0 Å². The van der Waals surface area contributed by atoms with E-state index in [0.717, 1.165) is 30.6 Å². The molecule has 1 aromatic carbocycles. The third-order valence-electron chi connectivity index (χ3n) is 4.41. The van der Waals surface area contributed by atoms with E-state index in [4.69, 9.17) is 9.84 Å². The molecule has 1 N–H and O–H groups in total. The number of rotatable bonds is 6. The Kier molecular flexibility index (Phi) is 5.62. The van der Waals surface area contributed by atoms with E-state index in [1.165, 1.54) is 19.5 Å². The van der Waals surface area contributed by atoms with Gasteiger partial charge in [0.25, 0.3) is 0 Å². The first-order valence-electron chi connectivity index (χ1n) is 7.75. The Bertz CT molecular complexity index is 458. The van der Waals surface area contributed by atoms with Gasteiger partial charge >= 0.3 is 5.97 Å². The number of likely N-dealkylation sites (tertiary alicyclic amines) is 1. The summed E-state index contributed by atoms with van der Waals surface area (Å²) in [5, 5.41) is 8.83. The molecule has 0 aromatic heterocycles. The van der Waals surface area contributed by atoms with E-state index < -0.39 is 5.97 Å². The molecule has 2 unspecified atom stereocenters. The molecule has 2 rings (SSSR count). The number of hydrogen-bond donors (Lipinski definition) is 1. The molecule has 1 fully saturated rings. The van der Waals surface area contributed by atoms with Crippen LogP contribution in [-0.2, 0) is 0 Å². The molecule has 0 amide bonds. The van der Waals surface area contributed by atoms with Crippen LogP contribution in [0.15, 0.2) is 24.3 Å². The van der Waals surface area contributed by atoms with Gasteiger partial charge in [-0.3, -0.25) is 0 Å². The average Bonchev–Trinajstić information content (AvgIpc) is 2.47. The van der Waals surface area contributed by atoms with E-state index in [1.54, 1.807) is 24.3 Å². The molecule has 0 radical (unpaired) electrons. The van der Waals surface area contributed by atoms with Crippen LogP contribution in [0.1, 0.15) is 37.0 Å². The molecule has 0 spiro atoms. The van der Waals surface area contributed by atoms with Gasteiger partial charge in [-0.1, -0.05) is 13.8 Å². The fourth-order valence-corrected chi connectivity index (χ4v) is 2.72. The second-order valence-corrected chi connectivity index (χ2v) is 6.08. The molecule has 21 heavy (non-hydrogen) atoms. The molecule has 1 aliphatic rings. The third-order valence-corrected chi connectivity index (χ3v) is 4.41. The summed E-state index contributed by atoms with van der Waals surface area (Å²) >= 11 is 0. The standard InChI is InChI=1S/C17H25NO3/c1-13-8-10-18(12-14(13)2)9-3-11-21-16-6-4-15(5-7-16)17(19)20/h4-7,13-14H,3,8-12H2,1-2H3,(H,19,20). The van der Waals surface area contributed by atoms with Gasteiger partial charge in [0.15, 0.2) is 0 Å². The Morgan fingerprint density at radius 2 is 2.00 bits per heavy atom. The number of hydrogen-bond acceptors (Lipinski definition) is 3. The number of nitrogens with zero attached hydrogens (tertiary/aromatic N) is 1. The van der Waals surface area contributed by atoms with Crippen LogP contribution in [0.25, 0.3) is 0 Å². The second kappa shape index (κ2) is 7.46. The largest absolute Gasteiger partial charge is 0.494 e. The predicted octanol–water partition coefficient (Wildman–Crippen LogP) is 3.13. The minimum atomic E-state index is -0.907. The Morgan fingerprint density at radius 3 is 2.62 bits per heavy atom. The minimum Gasteiger partial charge on any atom is -0.494 e. The first-order valence-corrected chi connectivity index (χ1v) is 7.75. The minimum absolute atomic E-state index is 0.291. The zero-order valence-corrected chi connectivity index (χ0v) is 12.9. The van der Waals surface area contributed by atoms with Crippen LogP contribution in [-0.4, -0.2) is 42.2 Å². The van der Waals surface area contributed by atoms with E-state index in [9.17, 15) is 4.79 Å². The highest BCUT2D eigenvalue weighted by molar-refractivity contribution is 5.87. The highest BCUT2D eigenvalue weighted by Gasteiger charge is 2.21. The molecule has 4 heteroatoms. The van der Waals surface area contributed by atoms with Crippen molar-refractivity contribution in [2.45, 2.75) is 26.7 Å². The molecule has 116 valence electrons. The third kappa shape index (κ3) is 4.74. The Labute approximate surface area is 126 Å². The number of aromatic carboxylic acids is 1. The number of ether oxygens (including phenoxy) is 1. The van der Waals surface area contributed by atoms with Crippen molar-refractivity contribution in [2.24, 2.45) is 11.8 Å². The molecule has 0 aliphatic carbocycles. The normalized spacial score (nSPS) is 23.0. The number of carboxylic acid groups (broad SMARTS) is 1. The maximum Gasteiger partial charge on any atom is 0.335 e. The van der Waals surface area contributed by atoms with Gasteiger partial charge in [0, 0.05) is 13.1 Å². The van der Waals surface area contributed by atoms with Crippen LogP contribution in [0.5, 0.6) is 5.75 Å². The second-order valence-electron chi connectivity index (χ2n) is 6.08. The number of piperidine rings is 1. The topological polar surface area (TPSA) is 49.8 Å². The van der Waals surface area contributed by atoms with E-state index in [-0.39, 0.29) is 0 Å². The number of benzene rings is 1. The Morgan fingerprint density at radius 1 is 1.29 bits per heavy atom. The van der Waals surface area contributed by atoms with Crippen molar-refractivity contribution < 1.29 is 14.6 Å². The predicted molar refractivity (Wildman–Crippen MR) is 82.9 cm³/mol. The molecule has 0 bridgehead atoms. The van der Waals surface area contributed by atoms with Crippen LogP contribution in [0.3, 0.4) is 0 Å². The van der Waals surface area contributed by atoms with Crippen molar-refractivity contribution in [1.82, 2.24) is 4.90 Å². The molecule has 0 saturated carbocycles. The zero-order chi connectivity index (χ0) is 15.2. The van der Waals surface area contributed by atoms with E-state index in [1.807, 2.05) is 0 Å². The lowest BCUT2D eigenvalue weighted by Gasteiger charge is -2.35. The maximum atomic E-state index is 10.8. The van der Waals surface area contributed by atoms with Gasteiger partial charge in [-0.2, -0.15) is 0 Å². The van der Waals surface area contributed by atoms with Gasteiger partial charge < -0.3 is 14.7 Å². The number of carbonyl (C=O) groups is 1. The van der Waals surface area contributed by atoms with E-state index in [2.05, 4.69) is 18.7 Å². The van der Waals surface area contributed by atoms with Gasteiger partial charge in [-0.25, -0.2) is 4.79 Å². The molecular formula is C17H25NO3. The monoisotopic (exact) mass is 291 g/mol. The average molecular weight is 291 g/mol. The summed E-state index contributed by atoms with van der Waals surface area (Å²) in [6.45, 7) is 8.80. The Hall–Kier alpha value is -1.55. The summed E-state index contributed by atoms with van der Waals surface area (Å²) in [4.78, 5) is 13.3. The lowest BCUT2D eigenvalue weighted by Crippen LogP contribution is -2.39. The fraction of sp³-hybridized carbons (Fsp3) is 0.588. The van der Waals surface area contributed by atoms with Gasteiger partial charge in [-0.05, 0) is 55.5 Å².